The Kier molecular flexibility index (Phi) is 5.29. The topological polar surface area (TPSA) is 46.2 Å². The van der Waals surface area contributed by atoms with Crippen LogP contribution < -0.4 is 5.32 Å². The summed E-state index contributed by atoms with van der Waals surface area (Å²) in [6.45, 7) is 0. The number of Topliss-reactive ketones (excluding diaryl/α,β-unsaturated/α-hetero) is 1. The average Bonchev–Trinajstić information content (AvgIpc) is 2.59. The van der Waals surface area contributed by atoms with Crippen molar-refractivity contribution in [3.05, 3.63) is 58.1 Å². The van der Waals surface area contributed by atoms with Crippen molar-refractivity contribution >= 4 is 40.7 Å². The zero-order valence-electron chi connectivity index (χ0n) is 13.3. The van der Waals surface area contributed by atoms with Crippen molar-refractivity contribution in [2.75, 3.05) is 11.1 Å². The van der Waals surface area contributed by atoms with Gasteiger partial charge in [-0.2, -0.15) is 13.2 Å². The Labute approximate surface area is 156 Å². The number of halogens is 4. The number of thioether (sulfide) groups is 1. The number of alkyl halides is 3. The molecule has 0 saturated heterocycles. The number of aryl methyl sites for hydroxylation is 1. The molecule has 1 N–H and O–H groups in total. The molecule has 136 valence electrons. The van der Waals surface area contributed by atoms with Crippen LogP contribution in [0.25, 0.3) is 0 Å². The molecule has 8 heteroatoms. The monoisotopic (exact) mass is 399 g/mol. The molecule has 0 unspecified atom stereocenters. The van der Waals surface area contributed by atoms with Crippen molar-refractivity contribution in [2.24, 2.45) is 0 Å². The lowest BCUT2D eigenvalue weighted by Gasteiger charge is -2.17. The fourth-order valence-electron chi connectivity index (χ4n) is 2.60. The summed E-state index contributed by atoms with van der Waals surface area (Å²) in [6.07, 6.45) is -3.62. The Balaban J connectivity index is 1.71. The first kappa shape index (κ1) is 18.8. The van der Waals surface area contributed by atoms with Crippen LogP contribution >= 0.6 is 23.4 Å². The van der Waals surface area contributed by atoms with Crippen molar-refractivity contribution in [1.82, 2.24) is 0 Å². The number of anilines is 1. The number of amides is 1. The molecular formula is C18H13ClF3NO2S. The number of carbonyl (C=O) groups excluding carboxylic acids is 2. The van der Waals surface area contributed by atoms with E-state index < -0.39 is 11.7 Å². The lowest BCUT2D eigenvalue weighted by molar-refractivity contribution is -0.137. The molecule has 0 spiro atoms. The van der Waals surface area contributed by atoms with Crippen LogP contribution in [-0.4, -0.2) is 17.4 Å². The third kappa shape index (κ3) is 4.22. The maximum absolute atomic E-state index is 12.9. The predicted molar refractivity (Wildman–Crippen MR) is 94.9 cm³/mol. The summed E-state index contributed by atoms with van der Waals surface area (Å²) in [5.74, 6) is -0.252. The van der Waals surface area contributed by atoms with Gasteiger partial charge >= 0.3 is 6.18 Å². The highest BCUT2D eigenvalue weighted by Gasteiger charge is 2.33. The molecule has 0 fully saturated rings. The fourth-order valence-corrected chi connectivity index (χ4v) is 3.66. The first-order valence-electron chi connectivity index (χ1n) is 7.69. The van der Waals surface area contributed by atoms with E-state index >= 15 is 0 Å². The van der Waals surface area contributed by atoms with Gasteiger partial charge in [0.05, 0.1) is 16.3 Å². The van der Waals surface area contributed by atoms with E-state index in [0.717, 1.165) is 23.4 Å². The zero-order valence-corrected chi connectivity index (χ0v) is 14.9. The normalized spacial score (nSPS) is 13.9. The Bertz CT molecular complexity index is 883. The van der Waals surface area contributed by atoms with E-state index in [4.69, 9.17) is 11.6 Å². The Hall–Kier alpha value is -1.99. The summed E-state index contributed by atoms with van der Waals surface area (Å²) in [7, 11) is 0. The van der Waals surface area contributed by atoms with Crippen LogP contribution in [0.4, 0.5) is 18.9 Å². The van der Waals surface area contributed by atoms with Crippen molar-refractivity contribution in [3.63, 3.8) is 0 Å². The van der Waals surface area contributed by atoms with Crippen LogP contribution in [0.1, 0.15) is 27.9 Å². The number of ketones is 1. The van der Waals surface area contributed by atoms with Gasteiger partial charge in [0, 0.05) is 22.6 Å². The largest absolute Gasteiger partial charge is 0.417 e. The molecule has 1 aliphatic heterocycles. The highest BCUT2D eigenvalue weighted by molar-refractivity contribution is 8.00. The fraction of sp³-hybridized carbons (Fsp3) is 0.222. The number of hydrogen-bond donors (Lipinski definition) is 1. The second-order valence-electron chi connectivity index (χ2n) is 5.77. The van der Waals surface area contributed by atoms with E-state index in [0.29, 0.717) is 29.0 Å². The molecule has 0 aromatic heterocycles. The highest BCUT2D eigenvalue weighted by Crippen LogP contribution is 2.37. The van der Waals surface area contributed by atoms with Gasteiger partial charge in [0.15, 0.2) is 5.78 Å². The summed E-state index contributed by atoms with van der Waals surface area (Å²) < 4.78 is 38.7. The van der Waals surface area contributed by atoms with Crippen LogP contribution in [-0.2, 0) is 17.4 Å². The van der Waals surface area contributed by atoms with Crippen molar-refractivity contribution in [3.8, 4) is 0 Å². The second-order valence-corrected chi connectivity index (χ2v) is 7.23. The van der Waals surface area contributed by atoms with Gasteiger partial charge in [-0.25, -0.2) is 0 Å². The first-order chi connectivity index (χ1) is 12.2. The van der Waals surface area contributed by atoms with Gasteiger partial charge in [0.1, 0.15) is 0 Å². The number of carbonyl (C=O) groups is 2. The van der Waals surface area contributed by atoms with Gasteiger partial charge in [0.25, 0.3) is 0 Å². The van der Waals surface area contributed by atoms with E-state index in [1.54, 1.807) is 18.2 Å². The molecule has 26 heavy (non-hydrogen) atoms. The molecule has 0 atom stereocenters. The standard InChI is InChI=1S/C18H13ClF3NO2S/c19-14-4-3-12(8-13(14)18(20,21)22)26-9-16(24)11-1-5-15-10(7-11)2-6-17(25)23-15/h1,3-5,7-8H,2,6,9H2,(H,23,25). The van der Waals surface area contributed by atoms with E-state index in [2.05, 4.69) is 5.32 Å². The highest BCUT2D eigenvalue weighted by atomic mass is 35.5. The molecule has 0 saturated carbocycles. The van der Waals surface area contributed by atoms with Crippen molar-refractivity contribution in [2.45, 2.75) is 23.9 Å². The molecular weight excluding hydrogens is 387 g/mol. The summed E-state index contributed by atoms with van der Waals surface area (Å²) in [4.78, 5) is 24.0. The Morgan fingerprint density at radius 1 is 1.15 bits per heavy atom. The van der Waals surface area contributed by atoms with Gasteiger partial charge in [-0.15, -0.1) is 11.8 Å². The molecule has 2 aromatic carbocycles. The zero-order chi connectivity index (χ0) is 18.9. The minimum absolute atomic E-state index is 0.00404. The number of benzene rings is 2. The van der Waals surface area contributed by atoms with Crippen LogP contribution in [0.2, 0.25) is 5.02 Å². The first-order valence-corrected chi connectivity index (χ1v) is 9.06. The summed E-state index contributed by atoms with van der Waals surface area (Å²) in [5, 5.41) is 2.36. The third-order valence-corrected chi connectivity index (χ3v) is 5.26. The number of nitrogens with one attached hydrogen (secondary N) is 1. The van der Waals surface area contributed by atoms with Crippen molar-refractivity contribution in [1.29, 1.82) is 0 Å². The Morgan fingerprint density at radius 3 is 2.65 bits per heavy atom. The van der Waals surface area contributed by atoms with Crippen LogP contribution in [0.3, 0.4) is 0 Å². The van der Waals surface area contributed by atoms with Gasteiger partial charge in [-0.1, -0.05) is 11.6 Å². The molecule has 2 aromatic rings. The summed E-state index contributed by atoms with van der Waals surface area (Å²) in [6, 6.07) is 8.59. The number of fused-ring (bicyclic) bond motifs is 1. The molecule has 1 heterocycles. The summed E-state index contributed by atoms with van der Waals surface area (Å²) >= 11 is 6.61. The van der Waals surface area contributed by atoms with Gasteiger partial charge in [0.2, 0.25) is 5.91 Å². The predicted octanol–water partition coefficient (Wildman–Crippen LogP) is 5.22. The average molecular weight is 400 g/mol. The third-order valence-electron chi connectivity index (χ3n) is 3.94. The number of rotatable bonds is 4. The SMILES string of the molecule is O=C1CCc2cc(C(=O)CSc3ccc(Cl)c(C(F)(F)F)c3)ccc2N1. The molecule has 0 bridgehead atoms. The van der Waals surface area contributed by atoms with Gasteiger partial charge < -0.3 is 5.32 Å². The van der Waals surface area contributed by atoms with Gasteiger partial charge in [-0.05, 0) is 48.4 Å². The van der Waals surface area contributed by atoms with E-state index in [1.807, 2.05) is 0 Å². The minimum atomic E-state index is -4.54. The lowest BCUT2D eigenvalue weighted by atomic mass is 9.99. The second kappa shape index (κ2) is 7.32. The molecule has 3 rings (SSSR count). The van der Waals surface area contributed by atoms with E-state index in [9.17, 15) is 22.8 Å². The number of hydrogen-bond acceptors (Lipinski definition) is 3. The quantitative estimate of drug-likeness (QED) is 0.566. The molecule has 1 amide bonds. The maximum Gasteiger partial charge on any atom is 0.417 e. The Morgan fingerprint density at radius 2 is 1.92 bits per heavy atom. The lowest BCUT2D eigenvalue weighted by Crippen LogP contribution is -2.19. The summed E-state index contributed by atoms with van der Waals surface area (Å²) in [5.41, 5.74) is 1.13. The molecule has 1 aliphatic rings. The van der Waals surface area contributed by atoms with E-state index in [1.165, 1.54) is 12.1 Å². The van der Waals surface area contributed by atoms with Crippen molar-refractivity contribution < 1.29 is 22.8 Å². The molecule has 0 radical (unpaired) electrons. The van der Waals surface area contributed by atoms with Crippen LogP contribution in [0.15, 0.2) is 41.3 Å². The van der Waals surface area contributed by atoms with Gasteiger partial charge in [-0.3, -0.25) is 9.59 Å². The smallest absolute Gasteiger partial charge is 0.326 e. The maximum atomic E-state index is 12.9. The van der Waals surface area contributed by atoms with Crippen LogP contribution in [0.5, 0.6) is 0 Å². The van der Waals surface area contributed by atoms with Crippen LogP contribution in [0, 0.1) is 0 Å². The van der Waals surface area contributed by atoms with E-state index in [-0.39, 0.29) is 22.5 Å². The molecule has 3 nitrogen and oxygen atoms in total. The minimum Gasteiger partial charge on any atom is -0.326 e. The molecule has 0 aliphatic carbocycles.